The molecule has 0 spiro atoms. The number of amides is 2. The van der Waals surface area contributed by atoms with E-state index in [9.17, 15) is 27.6 Å². The second kappa shape index (κ2) is 13.2. The van der Waals surface area contributed by atoms with Gasteiger partial charge in [-0.2, -0.15) is 0 Å². The van der Waals surface area contributed by atoms with Gasteiger partial charge < -0.3 is 15.2 Å². The molecule has 0 aliphatic heterocycles. The summed E-state index contributed by atoms with van der Waals surface area (Å²) < 4.78 is 44.7. The van der Waals surface area contributed by atoms with Gasteiger partial charge in [0.05, 0.1) is 22.8 Å². The Labute approximate surface area is 258 Å². The number of Topliss-reactive ketones (excluding diaryl/α,β-unsaturated/α-hetero) is 1. The smallest absolute Gasteiger partial charge is 0.254 e. The number of ketones is 1. The molecule has 2 N–H and O–H groups in total. The molecule has 5 rings (SSSR count). The van der Waals surface area contributed by atoms with Crippen molar-refractivity contribution in [2.75, 3.05) is 7.05 Å². The molecule has 1 atom stereocenters. The van der Waals surface area contributed by atoms with Crippen molar-refractivity contribution < 1.29 is 27.6 Å². The minimum absolute atomic E-state index is 0.0285. The first-order chi connectivity index (χ1) is 21.6. The molecule has 0 saturated heterocycles. The normalized spacial score (nSPS) is 11.8. The maximum atomic E-state index is 14.5. The fourth-order valence-electron chi connectivity index (χ4n) is 5.64. The number of halogens is 3. The lowest BCUT2D eigenvalue weighted by atomic mass is 9.94. The van der Waals surface area contributed by atoms with E-state index in [-0.39, 0.29) is 29.9 Å². The van der Waals surface area contributed by atoms with Crippen LogP contribution in [0.5, 0.6) is 0 Å². The molecule has 5 aromatic rings. The fraction of sp³-hybridized carbons (Fsp3) is 0.200. The van der Waals surface area contributed by atoms with Gasteiger partial charge in [0.1, 0.15) is 24.0 Å². The largest absolute Gasteiger partial charge is 0.355 e. The second-order valence-electron chi connectivity index (χ2n) is 10.7. The van der Waals surface area contributed by atoms with Gasteiger partial charge in [-0.25, -0.2) is 13.2 Å². The van der Waals surface area contributed by atoms with Crippen LogP contribution in [0.15, 0.2) is 79.1 Å². The van der Waals surface area contributed by atoms with Crippen molar-refractivity contribution in [2.45, 2.75) is 39.3 Å². The van der Waals surface area contributed by atoms with Crippen molar-refractivity contribution in [2.24, 2.45) is 0 Å². The second-order valence-corrected chi connectivity index (χ2v) is 10.7. The van der Waals surface area contributed by atoms with Crippen LogP contribution in [0.4, 0.5) is 13.2 Å². The highest BCUT2D eigenvalue weighted by molar-refractivity contribution is 6.08. The van der Waals surface area contributed by atoms with Gasteiger partial charge in [0.25, 0.3) is 5.91 Å². The average molecular weight is 613 g/mol. The number of hydrogen-bond acceptors (Lipinski definition) is 4. The summed E-state index contributed by atoms with van der Waals surface area (Å²) in [5.74, 6) is -3.43. The van der Waals surface area contributed by atoms with Crippen LogP contribution in [0.2, 0.25) is 0 Å². The Morgan fingerprint density at radius 1 is 0.933 bits per heavy atom. The lowest BCUT2D eigenvalue weighted by Crippen LogP contribution is -2.33. The number of aryl methyl sites for hydroxylation is 1. The number of benzene rings is 3. The zero-order valence-corrected chi connectivity index (χ0v) is 25.0. The number of nitrogens with one attached hydrogen (secondary N) is 2. The minimum Gasteiger partial charge on any atom is -0.355 e. The fourth-order valence-corrected chi connectivity index (χ4v) is 5.64. The Hall–Kier alpha value is -5.25. The quantitative estimate of drug-likeness (QED) is 0.180. The Balaban J connectivity index is 1.56. The van der Waals surface area contributed by atoms with Gasteiger partial charge >= 0.3 is 0 Å². The molecule has 0 unspecified atom stereocenters. The molecule has 230 valence electrons. The van der Waals surface area contributed by atoms with Gasteiger partial charge in [0.15, 0.2) is 5.78 Å². The predicted octanol–water partition coefficient (Wildman–Crippen LogP) is 6.35. The number of aromatic nitrogens is 2. The van der Waals surface area contributed by atoms with E-state index < -0.39 is 35.3 Å². The standard InChI is InChI=1S/C35H31F3N4O3/c1-4-22-7-5-8-27-29(20(2)43)18-42(34(22)27)19-32(44)41-31(15-21-13-24(36)17-25(37)14-21)33-26(9-6-12-40-33)23-10-11-30(38)28(16-23)35(45)39-3/h5-14,16-18,31H,4,15,19H2,1-3H3,(H,39,45)(H,41,44)/t31-/m0/s1. The Bertz CT molecular complexity index is 1920. The zero-order chi connectivity index (χ0) is 32.2. The van der Waals surface area contributed by atoms with E-state index >= 15 is 0 Å². The SMILES string of the molecule is CCc1cccc2c(C(C)=O)cn(CC(=O)N[C@@H](Cc3cc(F)cc(F)c3)c3ncccc3-c3ccc(F)c(C(=O)NC)c3)c12. The van der Waals surface area contributed by atoms with Crippen molar-refractivity contribution in [1.82, 2.24) is 20.2 Å². The molecule has 7 nitrogen and oxygen atoms in total. The van der Waals surface area contributed by atoms with E-state index in [1.54, 1.807) is 22.9 Å². The summed E-state index contributed by atoms with van der Waals surface area (Å²) in [4.78, 5) is 43.0. The number of hydrogen-bond donors (Lipinski definition) is 2. The van der Waals surface area contributed by atoms with Crippen molar-refractivity contribution in [3.8, 4) is 11.1 Å². The number of fused-ring (bicyclic) bond motifs is 1. The molecule has 0 aliphatic carbocycles. The van der Waals surface area contributed by atoms with Crippen LogP contribution in [0.1, 0.15) is 57.4 Å². The van der Waals surface area contributed by atoms with Gasteiger partial charge in [-0.3, -0.25) is 19.4 Å². The maximum absolute atomic E-state index is 14.5. The highest BCUT2D eigenvalue weighted by Gasteiger charge is 2.24. The minimum atomic E-state index is -0.886. The Morgan fingerprint density at radius 2 is 1.69 bits per heavy atom. The summed E-state index contributed by atoms with van der Waals surface area (Å²) >= 11 is 0. The molecule has 3 aromatic carbocycles. The monoisotopic (exact) mass is 612 g/mol. The van der Waals surface area contributed by atoms with Crippen LogP contribution in [0, 0.1) is 17.5 Å². The Morgan fingerprint density at radius 3 is 2.38 bits per heavy atom. The molecule has 0 bridgehead atoms. The highest BCUT2D eigenvalue weighted by atomic mass is 19.1. The van der Waals surface area contributed by atoms with Gasteiger partial charge in [-0.1, -0.05) is 37.3 Å². The third-order valence-corrected chi connectivity index (χ3v) is 7.67. The third-order valence-electron chi connectivity index (χ3n) is 7.67. The molecular formula is C35H31F3N4O3. The maximum Gasteiger partial charge on any atom is 0.254 e. The number of carbonyl (C=O) groups excluding carboxylic acids is 3. The van der Waals surface area contributed by atoms with Crippen LogP contribution >= 0.6 is 0 Å². The van der Waals surface area contributed by atoms with E-state index in [1.165, 1.54) is 50.5 Å². The topological polar surface area (TPSA) is 93.1 Å². The summed E-state index contributed by atoms with van der Waals surface area (Å²) in [5.41, 5.74) is 3.63. The molecule has 0 fully saturated rings. The zero-order valence-electron chi connectivity index (χ0n) is 25.0. The molecule has 0 aliphatic rings. The van der Waals surface area contributed by atoms with Gasteiger partial charge in [-0.05, 0) is 66.8 Å². The van der Waals surface area contributed by atoms with Crippen LogP contribution in [0.25, 0.3) is 22.0 Å². The molecule has 0 saturated carbocycles. The summed E-state index contributed by atoms with van der Waals surface area (Å²) in [5, 5.41) is 6.14. The van der Waals surface area contributed by atoms with Crippen molar-refractivity contribution in [3.63, 3.8) is 0 Å². The molecule has 45 heavy (non-hydrogen) atoms. The summed E-state index contributed by atoms with van der Waals surface area (Å²) in [6.07, 6.45) is 3.83. The van der Waals surface area contributed by atoms with E-state index in [0.717, 1.165) is 22.5 Å². The van der Waals surface area contributed by atoms with E-state index in [2.05, 4.69) is 15.6 Å². The number of carbonyl (C=O) groups is 3. The van der Waals surface area contributed by atoms with Gasteiger partial charge in [-0.15, -0.1) is 0 Å². The van der Waals surface area contributed by atoms with Crippen LogP contribution in [0.3, 0.4) is 0 Å². The number of nitrogens with zero attached hydrogens (tertiary/aromatic N) is 2. The first kappa shape index (κ1) is 31.2. The molecule has 0 radical (unpaired) electrons. The van der Waals surface area contributed by atoms with E-state index in [0.29, 0.717) is 28.8 Å². The van der Waals surface area contributed by atoms with Crippen LogP contribution < -0.4 is 10.6 Å². The number of pyridine rings is 1. The van der Waals surface area contributed by atoms with Crippen molar-refractivity contribution in [3.05, 3.63) is 125 Å². The highest BCUT2D eigenvalue weighted by Crippen LogP contribution is 2.31. The van der Waals surface area contributed by atoms with Crippen LogP contribution in [-0.2, 0) is 24.2 Å². The van der Waals surface area contributed by atoms with E-state index in [4.69, 9.17) is 0 Å². The summed E-state index contributed by atoms with van der Waals surface area (Å²) in [6, 6.07) is 15.3. The average Bonchev–Trinajstić information content (AvgIpc) is 3.39. The van der Waals surface area contributed by atoms with Crippen molar-refractivity contribution in [1.29, 1.82) is 0 Å². The lowest BCUT2D eigenvalue weighted by molar-refractivity contribution is -0.122. The third kappa shape index (κ3) is 6.64. The number of para-hydroxylation sites is 1. The summed E-state index contributed by atoms with van der Waals surface area (Å²) in [7, 11) is 1.39. The number of rotatable bonds is 10. The summed E-state index contributed by atoms with van der Waals surface area (Å²) in [6.45, 7) is 3.31. The van der Waals surface area contributed by atoms with E-state index in [1.807, 2.05) is 25.1 Å². The van der Waals surface area contributed by atoms with Gasteiger partial charge in [0, 0.05) is 42.0 Å². The first-order valence-electron chi connectivity index (χ1n) is 14.4. The predicted molar refractivity (Wildman–Crippen MR) is 165 cm³/mol. The van der Waals surface area contributed by atoms with Crippen LogP contribution in [-0.4, -0.2) is 34.2 Å². The molecule has 2 heterocycles. The molecule has 2 amide bonds. The first-order valence-corrected chi connectivity index (χ1v) is 14.4. The molecule has 2 aromatic heterocycles. The molecule has 10 heteroatoms. The lowest BCUT2D eigenvalue weighted by Gasteiger charge is -2.22. The van der Waals surface area contributed by atoms with Gasteiger partial charge in [0.2, 0.25) is 5.91 Å². The van der Waals surface area contributed by atoms with Crippen molar-refractivity contribution >= 4 is 28.5 Å². The molecular weight excluding hydrogens is 581 g/mol. The Kier molecular flexibility index (Phi) is 9.13.